The largest absolute Gasteiger partial charge is 0.308 e. The molecule has 2 rings (SSSR count). The van der Waals surface area contributed by atoms with Crippen molar-refractivity contribution in [3.05, 3.63) is 11.9 Å². The zero-order valence-electron chi connectivity index (χ0n) is 14.6. The smallest absolute Gasteiger partial charge is 0.0965 e. The van der Waals surface area contributed by atoms with Crippen LogP contribution in [-0.4, -0.2) is 21.0 Å². The van der Waals surface area contributed by atoms with E-state index in [0.29, 0.717) is 6.04 Å². The summed E-state index contributed by atoms with van der Waals surface area (Å²) in [6.07, 6.45) is 6.09. The van der Waals surface area contributed by atoms with Crippen LogP contribution in [0.5, 0.6) is 0 Å². The first-order valence-electron chi connectivity index (χ1n) is 8.42. The number of hydrogen-bond acceptors (Lipinski definition) is 3. The number of rotatable bonds is 4. The highest BCUT2D eigenvalue weighted by Gasteiger charge is 2.30. The monoisotopic (exact) mass is 292 g/mol. The summed E-state index contributed by atoms with van der Waals surface area (Å²) in [7, 11) is 0. The van der Waals surface area contributed by atoms with Crippen LogP contribution in [0.25, 0.3) is 0 Å². The first kappa shape index (κ1) is 16.5. The Bertz CT molecular complexity index is 444. The summed E-state index contributed by atoms with van der Waals surface area (Å²) >= 11 is 0. The molecule has 3 unspecified atom stereocenters. The molecule has 0 spiro atoms. The van der Waals surface area contributed by atoms with Crippen molar-refractivity contribution in [2.24, 2.45) is 17.8 Å². The van der Waals surface area contributed by atoms with Crippen molar-refractivity contribution in [1.82, 2.24) is 20.3 Å². The van der Waals surface area contributed by atoms with E-state index in [2.05, 4.69) is 63.4 Å². The van der Waals surface area contributed by atoms with E-state index >= 15 is 0 Å². The molecule has 4 heteroatoms. The maximum atomic E-state index is 4.31. The van der Waals surface area contributed by atoms with Crippen LogP contribution in [0.1, 0.15) is 66.5 Å². The summed E-state index contributed by atoms with van der Waals surface area (Å²) in [6, 6.07) is 0.619. The molecule has 4 nitrogen and oxygen atoms in total. The lowest BCUT2D eigenvalue weighted by Crippen LogP contribution is -2.42. The van der Waals surface area contributed by atoms with E-state index < -0.39 is 0 Å². The van der Waals surface area contributed by atoms with E-state index in [4.69, 9.17) is 0 Å². The third-order valence-corrected chi connectivity index (χ3v) is 4.80. The van der Waals surface area contributed by atoms with Crippen molar-refractivity contribution in [1.29, 1.82) is 0 Å². The summed E-state index contributed by atoms with van der Waals surface area (Å²) in [5, 5.41) is 12.3. The Hall–Kier alpha value is -0.900. The third kappa shape index (κ3) is 4.29. The van der Waals surface area contributed by atoms with Gasteiger partial charge in [-0.1, -0.05) is 32.4 Å². The van der Waals surface area contributed by atoms with Crippen molar-refractivity contribution < 1.29 is 0 Å². The summed E-state index contributed by atoms with van der Waals surface area (Å²) in [4.78, 5) is 0. The molecule has 1 aliphatic carbocycles. The molecule has 0 radical (unpaired) electrons. The van der Waals surface area contributed by atoms with Gasteiger partial charge in [-0.25, -0.2) is 4.68 Å². The van der Waals surface area contributed by atoms with E-state index in [1.165, 1.54) is 19.3 Å². The zero-order valence-corrected chi connectivity index (χ0v) is 14.6. The average Bonchev–Trinajstić information content (AvgIpc) is 2.84. The second kappa shape index (κ2) is 6.47. The Kier molecular flexibility index (Phi) is 5.07. The van der Waals surface area contributed by atoms with Crippen LogP contribution in [-0.2, 0) is 12.1 Å². The van der Waals surface area contributed by atoms with Gasteiger partial charge in [0.1, 0.15) is 0 Å². The maximum Gasteiger partial charge on any atom is 0.0965 e. The van der Waals surface area contributed by atoms with Crippen molar-refractivity contribution in [3.8, 4) is 0 Å². The second-order valence-corrected chi connectivity index (χ2v) is 8.14. The van der Waals surface area contributed by atoms with Gasteiger partial charge in [0.05, 0.1) is 17.4 Å². The Labute approximate surface area is 129 Å². The highest BCUT2D eigenvalue weighted by atomic mass is 15.4. The lowest BCUT2D eigenvalue weighted by molar-refractivity contribution is 0.169. The fourth-order valence-electron chi connectivity index (χ4n) is 3.38. The highest BCUT2D eigenvalue weighted by Crippen LogP contribution is 2.33. The van der Waals surface area contributed by atoms with Crippen LogP contribution < -0.4 is 5.32 Å². The minimum Gasteiger partial charge on any atom is -0.308 e. The fourth-order valence-corrected chi connectivity index (χ4v) is 3.38. The minimum absolute atomic E-state index is 0.00503. The fraction of sp³-hybridized carbons (Fsp3) is 0.882. The van der Waals surface area contributed by atoms with Gasteiger partial charge in [-0.3, -0.25) is 0 Å². The summed E-state index contributed by atoms with van der Waals surface area (Å²) in [5.41, 5.74) is 1.05. The SMILES string of the molecule is CC1CCC(C(C)C)C(NCc2cn(C(C)(C)C)nn2)C1. The van der Waals surface area contributed by atoms with Gasteiger partial charge >= 0.3 is 0 Å². The molecule has 21 heavy (non-hydrogen) atoms. The molecule has 3 atom stereocenters. The molecule has 0 bridgehead atoms. The van der Waals surface area contributed by atoms with Gasteiger partial charge < -0.3 is 5.32 Å². The molecular weight excluding hydrogens is 260 g/mol. The van der Waals surface area contributed by atoms with E-state index in [-0.39, 0.29) is 5.54 Å². The summed E-state index contributed by atoms with van der Waals surface area (Å²) < 4.78 is 1.95. The van der Waals surface area contributed by atoms with Crippen molar-refractivity contribution in [2.75, 3.05) is 0 Å². The Balaban J connectivity index is 1.95. The predicted molar refractivity (Wildman–Crippen MR) is 87.0 cm³/mol. The van der Waals surface area contributed by atoms with Gasteiger partial charge in [0.2, 0.25) is 0 Å². The molecule has 0 aromatic carbocycles. The molecule has 1 aliphatic rings. The van der Waals surface area contributed by atoms with E-state index in [1.807, 2.05) is 4.68 Å². The van der Waals surface area contributed by atoms with Crippen molar-refractivity contribution in [2.45, 2.75) is 78.9 Å². The normalized spacial score (nSPS) is 27.3. The van der Waals surface area contributed by atoms with Crippen LogP contribution in [0, 0.1) is 17.8 Å². The van der Waals surface area contributed by atoms with Gasteiger partial charge in [0, 0.05) is 12.6 Å². The molecule has 120 valence electrons. The molecule has 0 saturated heterocycles. The first-order chi connectivity index (χ1) is 9.77. The van der Waals surface area contributed by atoms with Gasteiger partial charge in [-0.05, 0) is 51.4 Å². The maximum absolute atomic E-state index is 4.31. The zero-order chi connectivity index (χ0) is 15.6. The first-order valence-corrected chi connectivity index (χ1v) is 8.42. The van der Waals surface area contributed by atoms with Gasteiger partial charge in [-0.2, -0.15) is 0 Å². The second-order valence-electron chi connectivity index (χ2n) is 8.14. The molecule has 1 aromatic heterocycles. The number of nitrogens with one attached hydrogen (secondary N) is 1. The molecule has 1 fully saturated rings. The third-order valence-electron chi connectivity index (χ3n) is 4.80. The lowest BCUT2D eigenvalue weighted by atomic mass is 9.74. The molecular formula is C17H32N4. The number of hydrogen-bond donors (Lipinski definition) is 1. The molecule has 1 saturated carbocycles. The highest BCUT2D eigenvalue weighted by molar-refractivity contribution is 4.96. The molecule has 1 aromatic rings. The van der Waals surface area contributed by atoms with Crippen LogP contribution >= 0.6 is 0 Å². The molecule has 1 N–H and O–H groups in total. The van der Waals surface area contributed by atoms with Crippen molar-refractivity contribution in [3.63, 3.8) is 0 Å². The Morgan fingerprint density at radius 3 is 2.62 bits per heavy atom. The minimum atomic E-state index is 0.00503. The van der Waals surface area contributed by atoms with Gasteiger partial charge in [0.15, 0.2) is 0 Å². The number of nitrogens with zero attached hydrogens (tertiary/aromatic N) is 3. The van der Waals surface area contributed by atoms with E-state index in [0.717, 1.165) is 30.0 Å². The topological polar surface area (TPSA) is 42.7 Å². The van der Waals surface area contributed by atoms with Crippen molar-refractivity contribution >= 4 is 0 Å². The Morgan fingerprint density at radius 2 is 2.05 bits per heavy atom. The van der Waals surface area contributed by atoms with E-state index in [9.17, 15) is 0 Å². The van der Waals surface area contributed by atoms with Crippen LogP contribution in [0.3, 0.4) is 0 Å². The van der Waals surface area contributed by atoms with Crippen LogP contribution in [0.2, 0.25) is 0 Å². The standard InChI is InChI=1S/C17H32N4/c1-12(2)15-8-7-13(3)9-16(15)18-10-14-11-21(20-19-14)17(4,5)6/h11-13,15-16,18H,7-10H2,1-6H3. The Morgan fingerprint density at radius 1 is 1.33 bits per heavy atom. The van der Waals surface area contributed by atoms with E-state index in [1.54, 1.807) is 0 Å². The van der Waals surface area contributed by atoms with Crippen LogP contribution in [0.15, 0.2) is 6.20 Å². The van der Waals surface area contributed by atoms with Gasteiger partial charge in [0.25, 0.3) is 0 Å². The molecule has 0 amide bonds. The number of aromatic nitrogens is 3. The van der Waals surface area contributed by atoms with Gasteiger partial charge in [-0.15, -0.1) is 5.10 Å². The van der Waals surface area contributed by atoms with Crippen LogP contribution in [0.4, 0.5) is 0 Å². The average molecular weight is 292 g/mol. The summed E-state index contributed by atoms with van der Waals surface area (Å²) in [6.45, 7) is 14.4. The quantitative estimate of drug-likeness (QED) is 0.922. The molecule has 1 heterocycles. The molecule has 0 aliphatic heterocycles. The lowest BCUT2D eigenvalue weighted by Gasteiger charge is -2.37. The predicted octanol–water partition coefficient (Wildman–Crippen LogP) is 3.58. The summed E-state index contributed by atoms with van der Waals surface area (Å²) in [5.74, 6) is 2.38.